The molecule has 3 heterocycles. The Labute approximate surface area is 169 Å². The van der Waals surface area contributed by atoms with Crippen LogP contribution < -0.4 is 10.7 Å². The molecule has 2 aromatic heterocycles. The molecule has 0 unspecified atom stereocenters. The van der Waals surface area contributed by atoms with Crippen LogP contribution in [0, 0.1) is 5.92 Å². The molecular formula is C21H25N5OS. The Bertz CT molecular complexity index is 906. The van der Waals surface area contributed by atoms with Gasteiger partial charge < -0.3 is 10.1 Å². The van der Waals surface area contributed by atoms with Crippen molar-refractivity contribution in [2.45, 2.75) is 25.7 Å². The summed E-state index contributed by atoms with van der Waals surface area (Å²) >= 11 is 1.64. The summed E-state index contributed by atoms with van der Waals surface area (Å²) in [6.07, 6.45) is 6.52. The minimum Gasteiger partial charge on any atom is -0.381 e. The van der Waals surface area contributed by atoms with Gasteiger partial charge in [-0.25, -0.2) is 10.4 Å². The molecule has 0 atom stereocenters. The van der Waals surface area contributed by atoms with Gasteiger partial charge >= 0.3 is 0 Å². The van der Waals surface area contributed by atoms with E-state index >= 15 is 0 Å². The van der Waals surface area contributed by atoms with Gasteiger partial charge in [-0.1, -0.05) is 18.2 Å². The molecule has 1 fully saturated rings. The van der Waals surface area contributed by atoms with Gasteiger partial charge in [-0.2, -0.15) is 10.1 Å². The van der Waals surface area contributed by atoms with E-state index < -0.39 is 0 Å². The Morgan fingerprint density at radius 1 is 1.14 bits per heavy atom. The maximum Gasteiger partial charge on any atom is 0.246 e. The van der Waals surface area contributed by atoms with Crippen LogP contribution in [0.4, 0.5) is 11.8 Å². The van der Waals surface area contributed by atoms with Crippen LogP contribution in [0.5, 0.6) is 0 Å². The van der Waals surface area contributed by atoms with Crippen LogP contribution in [0.2, 0.25) is 0 Å². The van der Waals surface area contributed by atoms with Crippen LogP contribution in [0.3, 0.4) is 0 Å². The van der Waals surface area contributed by atoms with Crippen molar-refractivity contribution in [2.24, 2.45) is 11.0 Å². The van der Waals surface area contributed by atoms with Crippen LogP contribution in [0.15, 0.2) is 46.9 Å². The van der Waals surface area contributed by atoms with Gasteiger partial charge in [0.1, 0.15) is 5.82 Å². The summed E-state index contributed by atoms with van der Waals surface area (Å²) in [5.74, 6) is 2.14. The maximum absolute atomic E-state index is 5.44. The summed E-state index contributed by atoms with van der Waals surface area (Å²) in [6.45, 7) is 2.72. The number of fused-ring (bicyclic) bond motifs is 1. The third-order valence-corrected chi connectivity index (χ3v) is 5.73. The minimum absolute atomic E-state index is 0.499. The number of hydrogen-bond acceptors (Lipinski definition) is 7. The lowest BCUT2D eigenvalue weighted by molar-refractivity contribution is 0.0636. The van der Waals surface area contributed by atoms with Gasteiger partial charge in [-0.15, -0.1) is 11.3 Å². The van der Waals surface area contributed by atoms with E-state index in [0.29, 0.717) is 5.95 Å². The molecule has 3 aromatic rings. The smallest absolute Gasteiger partial charge is 0.246 e. The molecule has 28 heavy (non-hydrogen) atoms. The average molecular weight is 396 g/mol. The fourth-order valence-corrected chi connectivity index (χ4v) is 4.00. The lowest BCUT2D eigenvalue weighted by atomic mass is 9.95. The van der Waals surface area contributed by atoms with Crippen LogP contribution in [0.1, 0.15) is 30.6 Å². The zero-order valence-corrected chi connectivity index (χ0v) is 16.6. The fraction of sp³-hybridized carbons (Fsp3) is 0.381. The number of thiophene rings is 1. The van der Waals surface area contributed by atoms with Gasteiger partial charge in [0.15, 0.2) is 0 Å². The molecule has 1 aliphatic rings. The molecule has 1 aliphatic heterocycles. The van der Waals surface area contributed by atoms with Gasteiger partial charge in [0, 0.05) is 30.0 Å². The normalized spacial score (nSPS) is 15.3. The number of benzene rings is 1. The first-order chi connectivity index (χ1) is 13.9. The zero-order valence-electron chi connectivity index (χ0n) is 15.8. The number of ether oxygens (including phenoxy) is 1. The molecule has 4 rings (SSSR count). The molecule has 146 valence electrons. The average Bonchev–Trinajstić information content (AvgIpc) is 3.25. The van der Waals surface area contributed by atoms with Crippen molar-refractivity contribution in [2.75, 3.05) is 30.5 Å². The topological polar surface area (TPSA) is 71.4 Å². The van der Waals surface area contributed by atoms with Crippen molar-refractivity contribution >= 4 is 40.2 Å². The molecule has 1 aromatic carbocycles. The van der Waals surface area contributed by atoms with Crippen molar-refractivity contribution in [3.8, 4) is 0 Å². The van der Waals surface area contributed by atoms with Crippen LogP contribution >= 0.6 is 11.3 Å². The van der Waals surface area contributed by atoms with Crippen molar-refractivity contribution in [1.82, 2.24) is 9.97 Å². The molecule has 0 radical (unpaired) electrons. The Morgan fingerprint density at radius 3 is 2.89 bits per heavy atom. The standard InChI is InChI=1S/C21H25N5OS/c1-2-8-19-18(7-1)20(22-11-3-5-16-9-12-27-13-10-16)25-21(24-19)26-23-15-17-6-4-14-28-17/h1-2,4,6-8,14-16H,3,5,9-13H2,(H2,22,24,25,26)/b23-15-. The van der Waals surface area contributed by atoms with Gasteiger partial charge in [0.25, 0.3) is 0 Å². The first kappa shape index (κ1) is 18.8. The van der Waals surface area contributed by atoms with Crippen molar-refractivity contribution in [3.63, 3.8) is 0 Å². The Morgan fingerprint density at radius 2 is 2.04 bits per heavy atom. The molecule has 0 bridgehead atoms. The zero-order chi connectivity index (χ0) is 19.0. The summed E-state index contributed by atoms with van der Waals surface area (Å²) in [4.78, 5) is 10.3. The fourth-order valence-electron chi connectivity index (χ4n) is 3.41. The van der Waals surface area contributed by atoms with Crippen LogP contribution in [-0.4, -0.2) is 35.9 Å². The number of nitrogens with zero attached hydrogens (tertiary/aromatic N) is 3. The second kappa shape index (κ2) is 9.61. The van der Waals surface area contributed by atoms with Gasteiger partial charge in [-0.3, -0.25) is 0 Å². The van der Waals surface area contributed by atoms with Crippen molar-refractivity contribution in [3.05, 3.63) is 46.7 Å². The number of anilines is 2. The highest BCUT2D eigenvalue weighted by Crippen LogP contribution is 2.23. The highest BCUT2D eigenvalue weighted by Gasteiger charge is 2.13. The van der Waals surface area contributed by atoms with E-state index in [2.05, 4.69) is 31.9 Å². The van der Waals surface area contributed by atoms with E-state index in [1.807, 2.05) is 35.7 Å². The lowest BCUT2D eigenvalue weighted by Gasteiger charge is -2.21. The third-order valence-electron chi connectivity index (χ3n) is 4.93. The lowest BCUT2D eigenvalue weighted by Crippen LogP contribution is -2.16. The first-order valence-electron chi connectivity index (χ1n) is 9.79. The quantitative estimate of drug-likeness (QED) is 0.327. The van der Waals surface area contributed by atoms with E-state index in [9.17, 15) is 0 Å². The molecule has 1 saturated heterocycles. The highest BCUT2D eigenvalue weighted by molar-refractivity contribution is 7.11. The third kappa shape index (κ3) is 5.05. The SMILES string of the molecule is C(=N/Nc1nc(NCCCC2CCOCC2)c2ccccc2n1)/c1cccs1. The molecular weight excluding hydrogens is 370 g/mol. The number of para-hydroxylation sites is 1. The summed E-state index contributed by atoms with van der Waals surface area (Å²) in [5.41, 5.74) is 3.86. The number of rotatable bonds is 8. The Kier molecular flexibility index (Phi) is 6.47. The predicted octanol–water partition coefficient (Wildman–Crippen LogP) is 4.76. The maximum atomic E-state index is 5.44. The number of nitrogens with one attached hydrogen (secondary N) is 2. The molecule has 0 saturated carbocycles. The second-order valence-corrected chi connectivity index (χ2v) is 7.90. The monoisotopic (exact) mass is 395 g/mol. The summed E-state index contributed by atoms with van der Waals surface area (Å²) in [6, 6.07) is 12.1. The number of hydrogen-bond donors (Lipinski definition) is 2. The van der Waals surface area contributed by atoms with E-state index in [1.54, 1.807) is 17.6 Å². The van der Waals surface area contributed by atoms with Crippen molar-refractivity contribution < 1.29 is 4.74 Å². The van der Waals surface area contributed by atoms with E-state index in [1.165, 1.54) is 19.3 Å². The molecule has 0 spiro atoms. The molecule has 0 aliphatic carbocycles. The molecule has 6 nitrogen and oxygen atoms in total. The van der Waals surface area contributed by atoms with Gasteiger partial charge in [0.05, 0.1) is 11.7 Å². The van der Waals surface area contributed by atoms with Crippen LogP contribution in [0.25, 0.3) is 10.9 Å². The Hall–Kier alpha value is -2.51. The summed E-state index contributed by atoms with van der Waals surface area (Å²) < 4.78 is 5.44. The van der Waals surface area contributed by atoms with Crippen LogP contribution in [-0.2, 0) is 4.74 Å². The van der Waals surface area contributed by atoms with Crippen molar-refractivity contribution in [1.29, 1.82) is 0 Å². The van der Waals surface area contributed by atoms with Gasteiger partial charge in [0.2, 0.25) is 5.95 Å². The summed E-state index contributed by atoms with van der Waals surface area (Å²) in [7, 11) is 0. The minimum atomic E-state index is 0.499. The van der Waals surface area contributed by atoms with E-state index in [4.69, 9.17) is 4.74 Å². The van der Waals surface area contributed by atoms with E-state index in [-0.39, 0.29) is 0 Å². The second-order valence-electron chi connectivity index (χ2n) is 6.92. The van der Waals surface area contributed by atoms with Gasteiger partial charge in [-0.05, 0) is 55.2 Å². The highest BCUT2D eigenvalue weighted by atomic mass is 32.1. The van der Waals surface area contributed by atoms with E-state index in [0.717, 1.165) is 53.7 Å². The molecule has 7 heteroatoms. The first-order valence-corrected chi connectivity index (χ1v) is 10.7. The number of aromatic nitrogens is 2. The molecule has 2 N–H and O–H groups in total. The largest absolute Gasteiger partial charge is 0.381 e. The Balaban J connectivity index is 1.40. The molecule has 0 amide bonds. The summed E-state index contributed by atoms with van der Waals surface area (Å²) in [5, 5.41) is 10.8. The predicted molar refractivity (Wildman–Crippen MR) is 116 cm³/mol. The number of hydrazone groups is 1.